The van der Waals surface area contributed by atoms with Crippen LogP contribution in [0.5, 0.6) is 0 Å². The zero-order valence-electron chi connectivity index (χ0n) is 15.7. The number of halogens is 1. The molecule has 1 fully saturated rings. The van der Waals surface area contributed by atoms with Crippen LogP contribution in [0.2, 0.25) is 0 Å². The third-order valence-electron chi connectivity index (χ3n) is 4.82. The van der Waals surface area contributed by atoms with E-state index in [0.717, 1.165) is 16.8 Å². The summed E-state index contributed by atoms with van der Waals surface area (Å²) in [5, 5.41) is 2.34. The largest absolute Gasteiger partial charge is 0.455 e. The van der Waals surface area contributed by atoms with E-state index in [1.807, 2.05) is 32.0 Å². The number of ether oxygens (including phenoxy) is 1. The molecule has 0 unspecified atom stereocenters. The molecule has 0 aromatic heterocycles. The van der Waals surface area contributed by atoms with E-state index in [1.165, 1.54) is 18.2 Å². The van der Waals surface area contributed by atoms with Crippen LogP contribution in [-0.4, -0.2) is 30.9 Å². The van der Waals surface area contributed by atoms with Crippen LogP contribution < -0.4 is 10.2 Å². The summed E-state index contributed by atoms with van der Waals surface area (Å²) in [5.41, 5.74) is 2.83. The van der Waals surface area contributed by atoms with Crippen molar-refractivity contribution >= 4 is 29.2 Å². The molecule has 6 nitrogen and oxygen atoms in total. The van der Waals surface area contributed by atoms with Crippen molar-refractivity contribution in [2.24, 2.45) is 5.92 Å². The van der Waals surface area contributed by atoms with E-state index in [-0.39, 0.29) is 24.6 Å². The number of aryl methyl sites for hydroxylation is 1. The van der Waals surface area contributed by atoms with Gasteiger partial charge in [0.15, 0.2) is 6.61 Å². The molecule has 0 aliphatic carbocycles. The number of carbonyl (C=O) groups excluding carboxylic acids is 3. The molecule has 2 amide bonds. The average Bonchev–Trinajstić information content (AvgIpc) is 3.05. The normalized spacial score (nSPS) is 16.2. The molecule has 2 aromatic rings. The number of para-hydroxylation sites is 1. The van der Waals surface area contributed by atoms with Crippen molar-refractivity contribution in [3.8, 4) is 0 Å². The Morgan fingerprint density at radius 2 is 1.93 bits per heavy atom. The summed E-state index contributed by atoms with van der Waals surface area (Å²) in [6.07, 6.45) is 0.0289. The van der Waals surface area contributed by atoms with Crippen LogP contribution in [-0.2, 0) is 19.1 Å². The average molecular weight is 384 g/mol. The number of anilines is 2. The third-order valence-corrected chi connectivity index (χ3v) is 4.82. The summed E-state index contributed by atoms with van der Waals surface area (Å²) in [7, 11) is 0. The number of rotatable bonds is 5. The van der Waals surface area contributed by atoms with Crippen LogP contribution in [0.4, 0.5) is 15.8 Å². The lowest BCUT2D eigenvalue weighted by molar-refractivity contribution is -0.151. The Labute approximate surface area is 162 Å². The summed E-state index contributed by atoms with van der Waals surface area (Å²) in [5.74, 6) is -2.65. The molecular formula is C21H21FN2O4. The maximum absolute atomic E-state index is 13.5. The minimum absolute atomic E-state index is 0.0145. The topological polar surface area (TPSA) is 75.7 Å². The van der Waals surface area contributed by atoms with Crippen LogP contribution in [0.3, 0.4) is 0 Å². The van der Waals surface area contributed by atoms with E-state index in [9.17, 15) is 18.8 Å². The lowest BCUT2D eigenvalue weighted by Gasteiger charge is -2.20. The lowest BCUT2D eigenvalue weighted by Crippen LogP contribution is -2.28. The molecule has 7 heteroatoms. The molecule has 1 aliphatic heterocycles. The molecule has 146 valence electrons. The molecule has 3 rings (SSSR count). The number of hydrogen-bond donors (Lipinski definition) is 1. The van der Waals surface area contributed by atoms with E-state index in [0.29, 0.717) is 0 Å². The molecule has 1 heterocycles. The van der Waals surface area contributed by atoms with Gasteiger partial charge in [0.05, 0.1) is 11.6 Å². The van der Waals surface area contributed by atoms with Crippen LogP contribution in [0.25, 0.3) is 0 Å². The Morgan fingerprint density at radius 1 is 1.18 bits per heavy atom. The van der Waals surface area contributed by atoms with Gasteiger partial charge in [-0.15, -0.1) is 0 Å². The van der Waals surface area contributed by atoms with Gasteiger partial charge < -0.3 is 15.0 Å². The van der Waals surface area contributed by atoms with E-state index in [1.54, 1.807) is 11.0 Å². The van der Waals surface area contributed by atoms with E-state index < -0.39 is 30.2 Å². The Bertz CT molecular complexity index is 928. The zero-order chi connectivity index (χ0) is 20.3. The Morgan fingerprint density at radius 3 is 2.68 bits per heavy atom. The van der Waals surface area contributed by atoms with Gasteiger partial charge in [0, 0.05) is 18.7 Å². The second-order valence-electron chi connectivity index (χ2n) is 6.76. The number of nitrogens with one attached hydrogen (secondary N) is 1. The quantitative estimate of drug-likeness (QED) is 0.804. The van der Waals surface area contributed by atoms with Crippen LogP contribution >= 0.6 is 0 Å². The molecule has 0 radical (unpaired) electrons. The summed E-state index contributed by atoms with van der Waals surface area (Å²) in [6, 6.07) is 11.4. The first-order chi connectivity index (χ1) is 13.4. The molecule has 1 aliphatic rings. The fraction of sp³-hybridized carbons (Fsp3) is 0.286. The molecule has 1 atom stereocenters. The van der Waals surface area contributed by atoms with Gasteiger partial charge in [0.25, 0.3) is 5.91 Å². The first-order valence-electron chi connectivity index (χ1n) is 8.94. The minimum atomic E-state index is -0.645. The van der Waals surface area contributed by atoms with Crippen LogP contribution in [0.15, 0.2) is 42.5 Å². The van der Waals surface area contributed by atoms with Crippen LogP contribution in [0.1, 0.15) is 17.5 Å². The standard InChI is InChI=1S/C21H21FN2O4/c1-13-6-5-9-18(14(13)2)24-11-15(10-20(24)26)21(27)28-12-19(25)23-17-8-4-3-7-16(17)22/h3-9,15H,10-12H2,1-2H3,(H,23,25)/t15-/m0/s1. The number of hydrogen-bond acceptors (Lipinski definition) is 4. The highest BCUT2D eigenvalue weighted by molar-refractivity contribution is 6.00. The molecule has 0 bridgehead atoms. The van der Waals surface area contributed by atoms with Crippen molar-refractivity contribution in [1.82, 2.24) is 0 Å². The number of benzene rings is 2. The summed E-state index contributed by atoms with van der Waals surface area (Å²) >= 11 is 0. The molecule has 1 N–H and O–H groups in total. The van der Waals surface area contributed by atoms with Gasteiger partial charge in [-0.3, -0.25) is 14.4 Å². The van der Waals surface area contributed by atoms with E-state index >= 15 is 0 Å². The van der Waals surface area contributed by atoms with Gasteiger partial charge >= 0.3 is 5.97 Å². The Balaban J connectivity index is 1.57. The lowest BCUT2D eigenvalue weighted by atomic mass is 10.1. The molecule has 0 saturated carbocycles. The third kappa shape index (κ3) is 4.19. The summed E-state index contributed by atoms with van der Waals surface area (Å²) in [6.45, 7) is 3.55. The fourth-order valence-electron chi connectivity index (χ4n) is 3.13. The van der Waals surface area contributed by atoms with E-state index in [4.69, 9.17) is 4.74 Å². The van der Waals surface area contributed by atoms with Gasteiger partial charge in [-0.05, 0) is 43.2 Å². The summed E-state index contributed by atoms with van der Waals surface area (Å²) in [4.78, 5) is 38.1. The van der Waals surface area contributed by atoms with Gasteiger partial charge in [-0.2, -0.15) is 0 Å². The highest BCUT2D eigenvalue weighted by atomic mass is 19.1. The molecule has 0 spiro atoms. The molecule has 28 heavy (non-hydrogen) atoms. The monoisotopic (exact) mass is 384 g/mol. The minimum Gasteiger partial charge on any atom is -0.455 e. The highest BCUT2D eigenvalue weighted by Crippen LogP contribution is 2.29. The van der Waals surface area contributed by atoms with Crippen molar-refractivity contribution in [1.29, 1.82) is 0 Å². The van der Waals surface area contributed by atoms with E-state index in [2.05, 4.69) is 5.32 Å². The second-order valence-corrected chi connectivity index (χ2v) is 6.76. The van der Waals surface area contributed by atoms with Gasteiger partial charge in [0.2, 0.25) is 5.91 Å². The fourth-order valence-corrected chi connectivity index (χ4v) is 3.13. The zero-order valence-corrected chi connectivity index (χ0v) is 15.7. The second kappa shape index (κ2) is 8.21. The maximum Gasteiger partial charge on any atom is 0.311 e. The number of nitrogens with zero attached hydrogens (tertiary/aromatic N) is 1. The first-order valence-corrected chi connectivity index (χ1v) is 8.94. The molecule has 2 aromatic carbocycles. The number of amides is 2. The highest BCUT2D eigenvalue weighted by Gasteiger charge is 2.37. The predicted octanol–water partition coefficient (Wildman–Crippen LogP) is 2.98. The van der Waals surface area contributed by atoms with Crippen molar-refractivity contribution in [3.05, 3.63) is 59.4 Å². The molecule has 1 saturated heterocycles. The Hall–Kier alpha value is -3.22. The Kier molecular flexibility index (Phi) is 5.73. The predicted molar refractivity (Wildman–Crippen MR) is 102 cm³/mol. The first kappa shape index (κ1) is 19.5. The van der Waals surface area contributed by atoms with Crippen molar-refractivity contribution in [3.63, 3.8) is 0 Å². The SMILES string of the molecule is Cc1cccc(N2C[C@@H](C(=O)OCC(=O)Nc3ccccc3F)CC2=O)c1C. The maximum atomic E-state index is 13.5. The van der Waals surface area contributed by atoms with Gasteiger partial charge in [-0.25, -0.2) is 4.39 Å². The number of carbonyl (C=O) groups is 3. The van der Waals surface area contributed by atoms with Crippen LogP contribution in [0, 0.1) is 25.6 Å². The smallest absolute Gasteiger partial charge is 0.311 e. The van der Waals surface area contributed by atoms with Gasteiger partial charge in [-0.1, -0.05) is 24.3 Å². The van der Waals surface area contributed by atoms with Crippen molar-refractivity contribution in [2.45, 2.75) is 20.3 Å². The summed E-state index contributed by atoms with van der Waals surface area (Å²) < 4.78 is 18.6. The molecular weight excluding hydrogens is 363 g/mol. The van der Waals surface area contributed by atoms with Gasteiger partial charge in [0.1, 0.15) is 5.82 Å². The number of esters is 1. The van der Waals surface area contributed by atoms with Crippen molar-refractivity contribution < 1.29 is 23.5 Å². The van der Waals surface area contributed by atoms with Crippen molar-refractivity contribution in [2.75, 3.05) is 23.4 Å².